The number of Topliss-reactive ketones (excluding diaryl/α,β-unsaturated/α-hetero) is 1. The summed E-state index contributed by atoms with van der Waals surface area (Å²) >= 11 is 1.26. The third kappa shape index (κ3) is 4.93. The van der Waals surface area contributed by atoms with E-state index >= 15 is 0 Å². The molecule has 1 N–H and O–H groups in total. The van der Waals surface area contributed by atoms with Crippen LogP contribution in [0.1, 0.15) is 51.4 Å². The minimum atomic E-state index is -0.767. The molecule has 4 rings (SSSR count). The van der Waals surface area contributed by atoms with E-state index in [-0.39, 0.29) is 24.0 Å². The molecule has 8 heteroatoms. The van der Waals surface area contributed by atoms with E-state index in [4.69, 9.17) is 9.47 Å². The average molecular weight is 493 g/mol. The second kappa shape index (κ2) is 9.92. The van der Waals surface area contributed by atoms with Gasteiger partial charge in [-0.3, -0.25) is 9.59 Å². The monoisotopic (exact) mass is 492 g/mol. The van der Waals surface area contributed by atoms with E-state index in [1.165, 1.54) is 16.2 Å². The van der Waals surface area contributed by atoms with E-state index in [1.54, 1.807) is 14.0 Å². The first-order chi connectivity index (χ1) is 16.7. The van der Waals surface area contributed by atoms with Crippen molar-refractivity contribution in [2.75, 3.05) is 7.11 Å². The molecule has 182 valence electrons. The number of methoxy groups -OCH3 is 1. The topological polar surface area (TPSA) is 89.0 Å². The second-order valence-electron chi connectivity index (χ2n) is 8.66. The molecule has 0 aliphatic carbocycles. The predicted molar refractivity (Wildman–Crippen MR) is 134 cm³/mol. The maximum absolute atomic E-state index is 13.7. The summed E-state index contributed by atoms with van der Waals surface area (Å²) in [5, 5.41) is 11.7. The molecule has 1 amide bonds. The number of benzene rings is 2. The van der Waals surface area contributed by atoms with Gasteiger partial charge in [0.15, 0.2) is 5.76 Å². The van der Waals surface area contributed by atoms with Gasteiger partial charge in [0.2, 0.25) is 5.78 Å². The van der Waals surface area contributed by atoms with Gasteiger partial charge in [-0.2, -0.15) is 0 Å². The van der Waals surface area contributed by atoms with Crippen molar-refractivity contribution in [2.24, 2.45) is 0 Å². The normalized spacial score (nSPS) is 15.8. The minimum absolute atomic E-state index is 0.0112. The zero-order valence-electron chi connectivity index (χ0n) is 20.4. The number of carbonyl (C=O) groups is 2. The molecule has 0 saturated heterocycles. The van der Waals surface area contributed by atoms with Crippen LogP contribution < -0.4 is 9.47 Å². The van der Waals surface area contributed by atoms with Crippen molar-refractivity contribution in [3.8, 4) is 11.5 Å². The minimum Gasteiger partial charge on any atom is -0.503 e. The molecule has 2 aromatic carbocycles. The third-order valence-corrected chi connectivity index (χ3v) is 6.78. The van der Waals surface area contributed by atoms with Crippen LogP contribution in [0.4, 0.5) is 0 Å². The van der Waals surface area contributed by atoms with Crippen LogP contribution in [-0.4, -0.2) is 39.9 Å². The van der Waals surface area contributed by atoms with Gasteiger partial charge in [0.25, 0.3) is 5.91 Å². The summed E-state index contributed by atoms with van der Waals surface area (Å²) in [5.41, 5.74) is 2.15. The van der Waals surface area contributed by atoms with Gasteiger partial charge in [-0.15, -0.1) is 11.3 Å². The summed E-state index contributed by atoms with van der Waals surface area (Å²) in [6.07, 6.45) is 0.0112. The number of amides is 1. The molecule has 3 aromatic rings. The smallest absolute Gasteiger partial charge is 0.290 e. The fourth-order valence-electron chi connectivity index (χ4n) is 4.23. The number of hydrogen-bond donors (Lipinski definition) is 1. The van der Waals surface area contributed by atoms with Crippen LogP contribution in [-0.2, 0) is 11.3 Å². The van der Waals surface area contributed by atoms with Gasteiger partial charge in [0, 0.05) is 6.54 Å². The van der Waals surface area contributed by atoms with E-state index in [9.17, 15) is 14.7 Å². The number of rotatable bonds is 8. The van der Waals surface area contributed by atoms with Crippen molar-refractivity contribution in [2.45, 2.75) is 46.4 Å². The van der Waals surface area contributed by atoms with Gasteiger partial charge in [-0.1, -0.05) is 24.3 Å². The Morgan fingerprint density at radius 1 is 1.14 bits per heavy atom. The van der Waals surface area contributed by atoms with E-state index in [0.717, 1.165) is 10.6 Å². The van der Waals surface area contributed by atoms with Crippen molar-refractivity contribution in [3.05, 3.63) is 86.6 Å². The molecule has 0 saturated carbocycles. The zero-order chi connectivity index (χ0) is 25.3. The second-order valence-corrected chi connectivity index (χ2v) is 9.86. The fraction of sp³-hybridized carbons (Fsp3) is 0.296. The Kier molecular flexibility index (Phi) is 6.93. The van der Waals surface area contributed by atoms with Crippen LogP contribution in [0.25, 0.3) is 0 Å². The van der Waals surface area contributed by atoms with E-state index in [0.29, 0.717) is 27.6 Å². The lowest BCUT2D eigenvalue weighted by atomic mass is 9.94. The van der Waals surface area contributed by atoms with Gasteiger partial charge < -0.3 is 19.5 Å². The maximum atomic E-state index is 13.7. The summed E-state index contributed by atoms with van der Waals surface area (Å²) in [6, 6.07) is 13.9. The number of hydrogen-bond acceptors (Lipinski definition) is 7. The number of carbonyl (C=O) groups excluding carboxylic acids is 2. The average Bonchev–Trinajstić information content (AvgIpc) is 3.29. The molecule has 35 heavy (non-hydrogen) atoms. The molecule has 0 radical (unpaired) electrons. The summed E-state index contributed by atoms with van der Waals surface area (Å²) in [6.45, 7) is 7.65. The largest absolute Gasteiger partial charge is 0.503 e. The van der Waals surface area contributed by atoms with Gasteiger partial charge in [0.1, 0.15) is 11.5 Å². The Bertz CT molecular complexity index is 1290. The molecule has 0 bridgehead atoms. The van der Waals surface area contributed by atoms with Gasteiger partial charge in [-0.05, 0) is 63.1 Å². The van der Waals surface area contributed by atoms with Crippen LogP contribution in [0.3, 0.4) is 0 Å². The number of thiazole rings is 1. The Morgan fingerprint density at radius 3 is 2.46 bits per heavy atom. The van der Waals surface area contributed by atoms with E-state index in [1.807, 2.05) is 69.3 Å². The van der Waals surface area contributed by atoms with Crippen LogP contribution in [0.2, 0.25) is 0 Å². The lowest BCUT2D eigenvalue weighted by Crippen LogP contribution is -2.30. The van der Waals surface area contributed by atoms with Crippen molar-refractivity contribution >= 4 is 23.0 Å². The summed E-state index contributed by atoms with van der Waals surface area (Å²) in [7, 11) is 1.58. The Morgan fingerprint density at radius 2 is 1.86 bits per heavy atom. The zero-order valence-corrected chi connectivity index (χ0v) is 21.2. The number of aliphatic hydroxyl groups excluding tert-OH is 1. The number of ether oxygens (including phenoxy) is 2. The molecular weight excluding hydrogens is 464 g/mol. The van der Waals surface area contributed by atoms with E-state index < -0.39 is 17.7 Å². The number of aryl methyl sites for hydroxylation is 2. The van der Waals surface area contributed by atoms with Crippen molar-refractivity contribution < 1.29 is 24.2 Å². The number of nitrogens with zero attached hydrogens (tertiary/aromatic N) is 2. The third-order valence-electron chi connectivity index (χ3n) is 5.71. The molecule has 7 nitrogen and oxygen atoms in total. The van der Waals surface area contributed by atoms with Gasteiger partial charge in [0.05, 0.1) is 40.4 Å². The highest BCUT2D eigenvalue weighted by molar-refractivity contribution is 7.14. The van der Waals surface area contributed by atoms with Gasteiger partial charge in [-0.25, -0.2) is 4.98 Å². The molecule has 1 unspecified atom stereocenters. The lowest BCUT2D eigenvalue weighted by Gasteiger charge is -2.27. The van der Waals surface area contributed by atoms with Crippen LogP contribution in [0.5, 0.6) is 11.5 Å². The quantitative estimate of drug-likeness (QED) is 0.427. The first-order valence-corrected chi connectivity index (χ1v) is 12.1. The summed E-state index contributed by atoms with van der Waals surface area (Å²) in [4.78, 5) is 33.2. The summed E-state index contributed by atoms with van der Waals surface area (Å²) < 4.78 is 11.1. The van der Waals surface area contributed by atoms with E-state index in [2.05, 4.69) is 4.98 Å². The molecule has 2 heterocycles. The Hall–Kier alpha value is -3.65. The molecule has 0 fully saturated rings. The fourth-order valence-corrected chi connectivity index (χ4v) is 5.10. The molecular formula is C27H28N2O5S. The first kappa shape index (κ1) is 24.5. The highest BCUT2D eigenvalue weighted by Gasteiger charge is 2.44. The van der Waals surface area contributed by atoms with Crippen molar-refractivity contribution in [1.82, 2.24) is 9.88 Å². The molecule has 0 spiro atoms. The molecule has 1 aliphatic heterocycles. The predicted octanol–water partition coefficient (Wildman–Crippen LogP) is 5.33. The summed E-state index contributed by atoms with van der Waals surface area (Å²) in [5.74, 6) is -0.175. The Balaban J connectivity index is 1.78. The highest BCUT2D eigenvalue weighted by atomic mass is 32.1. The van der Waals surface area contributed by atoms with Crippen molar-refractivity contribution in [1.29, 1.82) is 0 Å². The van der Waals surface area contributed by atoms with Crippen LogP contribution >= 0.6 is 11.3 Å². The number of aromatic nitrogens is 1. The number of ketones is 1. The van der Waals surface area contributed by atoms with Gasteiger partial charge >= 0.3 is 0 Å². The van der Waals surface area contributed by atoms with Crippen molar-refractivity contribution in [3.63, 3.8) is 0 Å². The maximum Gasteiger partial charge on any atom is 0.290 e. The molecule has 1 aromatic heterocycles. The molecule has 1 atom stereocenters. The Labute approximate surface area is 208 Å². The van der Waals surface area contributed by atoms with Crippen LogP contribution in [0.15, 0.2) is 59.9 Å². The standard InChI is InChI=1S/C27H28N2O5S/c1-15(2)34-20-11-9-19(10-12-20)23-22(24(30)26-16(3)28-17(4)35-26)25(31)27(32)29(23)14-18-7-6-8-21(13-18)33-5/h6-13,15,23,31H,14H2,1-5H3. The lowest BCUT2D eigenvalue weighted by molar-refractivity contribution is -0.130. The molecule has 1 aliphatic rings. The first-order valence-electron chi connectivity index (χ1n) is 11.3. The van der Waals surface area contributed by atoms with Crippen LogP contribution in [0, 0.1) is 13.8 Å². The number of aliphatic hydroxyl groups is 1. The SMILES string of the molecule is COc1cccc(CN2C(=O)C(O)=C(C(=O)c3sc(C)nc3C)C2c2ccc(OC(C)C)cc2)c1. The highest BCUT2D eigenvalue weighted by Crippen LogP contribution is 2.41.